The van der Waals surface area contributed by atoms with E-state index >= 15 is 0 Å². The van der Waals surface area contributed by atoms with Crippen LogP contribution in [0.3, 0.4) is 0 Å². The van der Waals surface area contributed by atoms with E-state index in [9.17, 15) is 4.79 Å². The first kappa shape index (κ1) is 15.7. The molecular weight excluding hydrogens is 252 g/mol. The molecule has 1 N–H and O–H groups in total. The van der Waals surface area contributed by atoms with Crippen LogP contribution in [0.1, 0.15) is 29.9 Å². The first-order valence-corrected chi connectivity index (χ1v) is 6.61. The molecular formula is C16H20N2O2. The van der Waals surface area contributed by atoms with Gasteiger partial charge in [0.1, 0.15) is 17.2 Å². The van der Waals surface area contributed by atoms with Crippen molar-refractivity contribution in [3.05, 3.63) is 53.9 Å². The maximum absolute atomic E-state index is 11.4. The smallest absolute Gasteiger partial charge is 0.269 e. The van der Waals surface area contributed by atoms with Crippen LogP contribution in [-0.2, 0) is 0 Å². The number of rotatable bonds is 3. The zero-order valence-corrected chi connectivity index (χ0v) is 12.3. The highest BCUT2D eigenvalue weighted by Crippen LogP contribution is 2.21. The summed E-state index contributed by atoms with van der Waals surface area (Å²) >= 11 is 0. The van der Waals surface area contributed by atoms with Gasteiger partial charge < -0.3 is 10.1 Å². The molecule has 0 bridgehead atoms. The normalized spacial score (nSPS) is 9.20. The van der Waals surface area contributed by atoms with Gasteiger partial charge in [-0.1, -0.05) is 31.5 Å². The molecule has 1 amide bonds. The van der Waals surface area contributed by atoms with Gasteiger partial charge >= 0.3 is 0 Å². The Morgan fingerprint density at radius 3 is 2.35 bits per heavy atom. The van der Waals surface area contributed by atoms with E-state index in [1.165, 1.54) is 5.56 Å². The van der Waals surface area contributed by atoms with E-state index in [1.54, 1.807) is 25.4 Å². The average molecular weight is 272 g/mol. The van der Waals surface area contributed by atoms with Crippen LogP contribution in [0, 0.1) is 6.92 Å². The van der Waals surface area contributed by atoms with Crippen LogP contribution < -0.4 is 10.1 Å². The van der Waals surface area contributed by atoms with Gasteiger partial charge in [-0.3, -0.25) is 9.78 Å². The van der Waals surface area contributed by atoms with E-state index in [2.05, 4.69) is 10.3 Å². The van der Waals surface area contributed by atoms with Crippen LogP contribution in [0.25, 0.3) is 0 Å². The van der Waals surface area contributed by atoms with Crippen molar-refractivity contribution in [3.63, 3.8) is 0 Å². The summed E-state index contributed by atoms with van der Waals surface area (Å²) in [5.41, 5.74) is 1.50. The number of hydrogen-bond donors (Lipinski definition) is 1. The molecule has 0 spiro atoms. The Morgan fingerprint density at radius 1 is 1.10 bits per heavy atom. The predicted molar refractivity (Wildman–Crippen MR) is 80.2 cm³/mol. The number of carbonyl (C=O) groups is 1. The topological polar surface area (TPSA) is 51.2 Å². The SMILES string of the molecule is CC.CNC(=O)c1cc(Oc2ccc(C)cc2)ccn1. The number of benzene rings is 1. The number of hydrogen-bond acceptors (Lipinski definition) is 3. The fraction of sp³-hybridized carbons (Fsp3) is 0.250. The summed E-state index contributed by atoms with van der Waals surface area (Å²) in [6.45, 7) is 6.01. The van der Waals surface area contributed by atoms with E-state index in [0.717, 1.165) is 5.75 Å². The Balaban J connectivity index is 0.000000956. The summed E-state index contributed by atoms with van der Waals surface area (Å²) < 4.78 is 5.65. The fourth-order valence-electron chi connectivity index (χ4n) is 1.47. The van der Waals surface area contributed by atoms with Crippen molar-refractivity contribution in [2.45, 2.75) is 20.8 Å². The van der Waals surface area contributed by atoms with Crippen LogP contribution >= 0.6 is 0 Å². The molecule has 0 atom stereocenters. The minimum absolute atomic E-state index is 0.232. The minimum atomic E-state index is -0.232. The molecule has 2 aromatic rings. The van der Waals surface area contributed by atoms with Crippen LogP contribution in [0.4, 0.5) is 0 Å². The van der Waals surface area contributed by atoms with Crippen molar-refractivity contribution in [1.29, 1.82) is 0 Å². The summed E-state index contributed by atoms with van der Waals surface area (Å²) in [5, 5.41) is 2.52. The maximum atomic E-state index is 11.4. The Morgan fingerprint density at radius 2 is 1.75 bits per heavy atom. The van der Waals surface area contributed by atoms with Crippen molar-refractivity contribution >= 4 is 5.91 Å². The molecule has 0 aliphatic heterocycles. The van der Waals surface area contributed by atoms with Gasteiger partial charge in [0.2, 0.25) is 0 Å². The Hall–Kier alpha value is -2.36. The van der Waals surface area contributed by atoms with E-state index in [1.807, 2.05) is 45.0 Å². The summed E-state index contributed by atoms with van der Waals surface area (Å²) in [5.74, 6) is 1.09. The number of amides is 1. The highest BCUT2D eigenvalue weighted by Gasteiger charge is 2.06. The molecule has 1 aromatic carbocycles. The lowest BCUT2D eigenvalue weighted by atomic mass is 10.2. The van der Waals surface area contributed by atoms with Crippen LogP contribution in [-0.4, -0.2) is 17.9 Å². The van der Waals surface area contributed by atoms with Crippen molar-refractivity contribution < 1.29 is 9.53 Å². The van der Waals surface area contributed by atoms with Crippen molar-refractivity contribution in [1.82, 2.24) is 10.3 Å². The molecule has 4 heteroatoms. The molecule has 1 aromatic heterocycles. The van der Waals surface area contributed by atoms with Gasteiger partial charge in [-0.15, -0.1) is 0 Å². The first-order valence-electron chi connectivity index (χ1n) is 6.61. The van der Waals surface area contributed by atoms with Crippen molar-refractivity contribution in [2.24, 2.45) is 0 Å². The highest BCUT2D eigenvalue weighted by atomic mass is 16.5. The Bertz CT molecular complexity index is 551. The van der Waals surface area contributed by atoms with Crippen LogP contribution in [0.15, 0.2) is 42.6 Å². The first-order chi connectivity index (χ1) is 9.69. The van der Waals surface area contributed by atoms with Gasteiger partial charge in [0.05, 0.1) is 0 Å². The third-order valence-electron chi connectivity index (χ3n) is 2.45. The van der Waals surface area contributed by atoms with E-state index < -0.39 is 0 Å². The number of pyridine rings is 1. The highest BCUT2D eigenvalue weighted by molar-refractivity contribution is 5.92. The Kier molecular flexibility index (Phi) is 6.23. The molecule has 106 valence electrons. The molecule has 4 nitrogen and oxygen atoms in total. The van der Waals surface area contributed by atoms with Crippen LogP contribution in [0.5, 0.6) is 11.5 Å². The summed E-state index contributed by atoms with van der Waals surface area (Å²) in [6, 6.07) is 11.0. The Labute approximate surface area is 119 Å². The molecule has 0 saturated carbocycles. The number of nitrogens with zero attached hydrogens (tertiary/aromatic N) is 1. The second-order valence-electron chi connectivity index (χ2n) is 3.87. The van der Waals surface area contributed by atoms with Crippen LogP contribution in [0.2, 0.25) is 0 Å². The number of aryl methyl sites for hydroxylation is 1. The number of aromatic nitrogens is 1. The summed E-state index contributed by atoms with van der Waals surface area (Å²) in [7, 11) is 1.57. The molecule has 0 fully saturated rings. The van der Waals surface area contributed by atoms with Crippen molar-refractivity contribution in [2.75, 3.05) is 7.05 Å². The molecule has 0 aliphatic carbocycles. The van der Waals surface area contributed by atoms with E-state index in [-0.39, 0.29) is 5.91 Å². The number of carbonyl (C=O) groups excluding carboxylic acids is 1. The molecule has 2 rings (SSSR count). The number of ether oxygens (including phenoxy) is 1. The zero-order valence-electron chi connectivity index (χ0n) is 12.3. The lowest BCUT2D eigenvalue weighted by Crippen LogP contribution is -2.18. The van der Waals surface area contributed by atoms with E-state index in [4.69, 9.17) is 4.74 Å². The molecule has 0 unspecified atom stereocenters. The third kappa shape index (κ3) is 4.39. The summed E-state index contributed by atoms with van der Waals surface area (Å²) in [6.07, 6.45) is 1.55. The molecule has 0 radical (unpaired) electrons. The van der Waals surface area contributed by atoms with Gasteiger partial charge in [0, 0.05) is 19.3 Å². The zero-order chi connectivity index (χ0) is 15.0. The fourth-order valence-corrected chi connectivity index (χ4v) is 1.47. The summed E-state index contributed by atoms with van der Waals surface area (Å²) in [4.78, 5) is 15.4. The minimum Gasteiger partial charge on any atom is -0.457 e. The third-order valence-corrected chi connectivity index (χ3v) is 2.45. The van der Waals surface area contributed by atoms with Gasteiger partial charge in [0.25, 0.3) is 5.91 Å². The molecule has 0 saturated heterocycles. The van der Waals surface area contributed by atoms with Crippen molar-refractivity contribution in [3.8, 4) is 11.5 Å². The second kappa shape index (κ2) is 7.94. The molecule has 0 aliphatic rings. The lowest BCUT2D eigenvalue weighted by Gasteiger charge is -2.06. The quantitative estimate of drug-likeness (QED) is 0.929. The van der Waals surface area contributed by atoms with E-state index in [0.29, 0.717) is 11.4 Å². The lowest BCUT2D eigenvalue weighted by molar-refractivity contribution is 0.0958. The second-order valence-corrected chi connectivity index (χ2v) is 3.87. The van der Waals surface area contributed by atoms with Gasteiger partial charge in [0.15, 0.2) is 0 Å². The maximum Gasteiger partial charge on any atom is 0.269 e. The van der Waals surface area contributed by atoms with Gasteiger partial charge in [-0.05, 0) is 25.1 Å². The predicted octanol–water partition coefficient (Wildman–Crippen LogP) is 3.57. The van der Waals surface area contributed by atoms with Gasteiger partial charge in [-0.2, -0.15) is 0 Å². The average Bonchev–Trinajstić information content (AvgIpc) is 2.51. The monoisotopic (exact) mass is 272 g/mol. The molecule has 20 heavy (non-hydrogen) atoms. The molecule has 1 heterocycles. The van der Waals surface area contributed by atoms with Gasteiger partial charge in [-0.25, -0.2) is 0 Å². The largest absolute Gasteiger partial charge is 0.457 e. The number of nitrogens with one attached hydrogen (secondary N) is 1. The standard InChI is InChI=1S/C14H14N2O2.C2H6/c1-10-3-5-11(6-4-10)18-12-7-8-16-13(9-12)14(17)15-2;1-2/h3-9H,1-2H3,(H,15,17);1-2H3.